The minimum absolute atomic E-state index is 0.000997. The molecule has 1 aromatic carbocycles. The van der Waals surface area contributed by atoms with Crippen molar-refractivity contribution in [3.8, 4) is 0 Å². The first-order chi connectivity index (χ1) is 9.09. The van der Waals surface area contributed by atoms with Crippen molar-refractivity contribution in [1.29, 1.82) is 0 Å². The monoisotopic (exact) mass is 281 g/mol. The van der Waals surface area contributed by atoms with Crippen molar-refractivity contribution in [1.82, 2.24) is 4.90 Å². The zero-order valence-electron chi connectivity index (χ0n) is 11.0. The molecule has 0 atom stereocenters. The van der Waals surface area contributed by atoms with Gasteiger partial charge in [0.15, 0.2) is 0 Å². The number of aliphatic carboxylic acids is 1. The summed E-state index contributed by atoms with van der Waals surface area (Å²) in [5, 5.41) is 8.54. The Morgan fingerprint density at radius 2 is 1.89 bits per heavy atom. The van der Waals surface area contributed by atoms with Crippen LogP contribution in [0.3, 0.4) is 0 Å². The fourth-order valence-corrected chi connectivity index (χ4v) is 2.38. The summed E-state index contributed by atoms with van der Waals surface area (Å²) in [7, 11) is 1.65. The van der Waals surface area contributed by atoms with Crippen molar-refractivity contribution in [2.45, 2.75) is 24.2 Å². The van der Waals surface area contributed by atoms with Crippen LogP contribution < -0.4 is 0 Å². The topological polar surface area (TPSA) is 57.6 Å². The van der Waals surface area contributed by atoms with Crippen molar-refractivity contribution in [2.24, 2.45) is 0 Å². The highest BCUT2D eigenvalue weighted by molar-refractivity contribution is 7.99. The maximum absolute atomic E-state index is 11.7. The van der Waals surface area contributed by atoms with Gasteiger partial charge in [-0.15, -0.1) is 11.8 Å². The summed E-state index contributed by atoms with van der Waals surface area (Å²) in [6.07, 6.45) is 1.27. The molecule has 1 rings (SSSR count). The van der Waals surface area contributed by atoms with Crippen LogP contribution in [0.15, 0.2) is 35.2 Å². The Hall–Kier alpha value is -1.49. The van der Waals surface area contributed by atoms with Crippen LogP contribution in [0.1, 0.15) is 19.3 Å². The molecule has 0 saturated heterocycles. The van der Waals surface area contributed by atoms with E-state index in [-0.39, 0.29) is 18.9 Å². The molecule has 0 aromatic heterocycles. The molecular weight excluding hydrogens is 262 g/mol. The summed E-state index contributed by atoms with van der Waals surface area (Å²) in [5.74, 6) is 0.0249. The van der Waals surface area contributed by atoms with Crippen LogP contribution in [0.4, 0.5) is 0 Å². The SMILES string of the molecule is CN(CCC(=O)O)C(=O)CCCSc1ccccc1. The summed E-state index contributed by atoms with van der Waals surface area (Å²) in [6.45, 7) is 0.278. The summed E-state index contributed by atoms with van der Waals surface area (Å²) in [4.78, 5) is 24.8. The number of nitrogens with zero attached hydrogens (tertiary/aromatic N) is 1. The van der Waals surface area contributed by atoms with Gasteiger partial charge in [-0.05, 0) is 24.3 Å². The molecule has 104 valence electrons. The molecule has 1 amide bonds. The smallest absolute Gasteiger partial charge is 0.305 e. The Morgan fingerprint density at radius 3 is 2.53 bits per heavy atom. The lowest BCUT2D eigenvalue weighted by atomic mass is 10.3. The standard InChI is InChI=1S/C14H19NO3S/c1-15(10-9-14(17)18)13(16)8-5-11-19-12-6-3-2-4-7-12/h2-4,6-7H,5,8-11H2,1H3,(H,17,18). The predicted molar refractivity (Wildman–Crippen MR) is 76.3 cm³/mol. The molecule has 1 N–H and O–H groups in total. The highest BCUT2D eigenvalue weighted by Gasteiger charge is 2.09. The fraction of sp³-hybridized carbons (Fsp3) is 0.429. The van der Waals surface area contributed by atoms with E-state index in [1.165, 1.54) is 9.80 Å². The van der Waals surface area contributed by atoms with Crippen molar-refractivity contribution in [2.75, 3.05) is 19.3 Å². The molecule has 1 aromatic rings. The highest BCUT2D eigenvalue weighted by Crippen LogP contribution is 2.18. The molecule has 0 unspecified atom stereocenters. The van der Waals surface area contributed by atoms with Crippen LogP contribution in [0.2, 0.25) is 0 Å². The van der Waals surface area contributed by atoms with Crippen molar-refractivity contribution in [3.63, 3.8) is 0 Å². The lowest BCUT2D eigenvalue weighted by Gasteiger charge is -2.15. The molecule has 0 radical (unpaired) electrons. The molecule has 0 fully saturated rings. The van der Waals surface area contributed by atoms with Gasteiger partial charge >= 0.3 is 5.97 Å². The molecule has 0 bridgehead atoms. The maximum Gasteiger partial charge on any atom is 0.305 e. The van der Waals surface area contributed by atoms with Crippen molar-refractivity contribution < 1.29 is 14.7 Å². The van der Waals surface area contributed by atoms with Gasteiger partial charge in [0, 0.05) is 24.9 Å². The molecule has 0 aliphatic carbocycles. The number of rotatable bonds is 8. The van der Waals surface area contributed by atoms with Crippen LogP contribution in [-0.4, -0.2) is 41.2 Å². The molecule has 4 nitrogen and oxygen atoms in total. The zero-order chi connectivity index (χ0) is 14.1. The second-order valence-electron chi connectivity index (χ2n) is 4.22. The molecule has 0 saturated carbocycles. The van der Waals surface area contributed by atoms with E-state index in [1.54, 1.807) is 18.8 Å². The van der Waals surface area contributed by atoms with Crippen molar-refractivity contribution >= 4 is 23.6 Å². The summed E-state index contributed by atoms with van der Waals surface area (Å²) in [5.41, 5.74) is 0. The normalized spacial score (nSPS) is 10.2. The Bertz CT molecular complexity index is 408. The first kappa shape index (κ1) is 15.6. The second-order valence-corrected chi connectivity index (χ2v) is 5.39. The van der Waals surface area contributed by atoms with E-state index in [9.17, 15) is 9.59 Å². The molecule has 0 spiro atoms. The van der Waals surface area contributed by atoms with Gasteiger partial charge in [0.1, 0.15) is 0 Å². The number of carbonyl (C=O) groups excluding carboxylic acids is 1. The second kappa shape index (κ2) is 8.58. The average Bonchev–Trinajstić information content (AvgIpc) is 2.41. The Morgan fingerprint density at radius 1 is 1.21 bits per heavy atom. The van der Waals surface area contributed by atoms with E-state index < -0.39 is 5.97 Å². The van der Waals surface area contributed by atoms with Gasteiger partial charge in [0.2, 0.25) is 5.91 Å². The number of hydrogen-bond acceptors (Lipinski definition) is 3. The lowest BCUT2D eigenvalue weighted by Crippen LogP contribution is -2.28. The Kier molecular flexibility index (Phi) is 7.03. The summed E-state index contributed by atoms with van der Waals surface area (Å²) < 4.78 is 0. The first-order valence-corrected chi connectivity index (χ1v) is 7.22. The highest BCUT2D eigenvalue weighted by atomic mass is 32.2. The largest absolute Gasteiger partial charge is 0.481 e. The van der Waals surface area contributed by atoms with Gasteiger partial charge in [0.25, 0.3) is 0 Å². The molecule has 5 heteroatoms. The first-order valence-electron chi connectivity index (χ1n) is 6.23. The van der Waals surface area contributed by atoms with E-state index in [0.29, 0.717) is 6.42 Å². The number of hydrogen-bond donors (Lipinski definition) is 1. The number of carbonyl (C=O) groups is 2. The van der Waals surface area contributed by atoms with Gasteiger partial charge in [-0.25, -0.2) is 0 Å². The molecule has 19 heavy (non-hydrogen) atoms. The third-order valence-electron chi connectivity index (χ3n) is 2.63. The third kappa shape index (κ3) is 6.86. The van der Waals surface area contributed by atoms with Crippen LogP contribution in [0, 0.1) is 0 Å². The van der Waals surface area contributed by atoms with E-state index >= 15 is 0 Å². The number of benzene rings is 1. The number of thioether (sulfide) groups is 1. The lowest BCUT2D eigenvalue weighted by molar-refractivity contribution is -0.138. The summed E-state index contributed by atoms with van der Waals surface area (Å²) in [6, 6.07) is 10.1. The van der Waals surface area contributed by atoms with Gasteiger partial charge in [-0.2, -0.15) is 0 Å². The minimum Gasteiger partial charge on any atom is -0.481 e. The van der Waals surface area contributed by atoms with Gasteiger partial charge in [0.05, 0.1) is 6.42 Å². The Balaban J connectivity index is 2.15. The van der Waals surface area contributed by atoms with E-state index in [1.807, 2.05) is 30.3 Å². The van der Waals surface area contributed by atoms with E-state index in [0.717, 1.165) is 12.2 Å². The molecule has 0 aliphatic rings. The van der Waals surface area contributed by atoms with E-state index in [2.05, 4.69) is 0 Å². The van der Waals surface area contributed by atoms with Gasteiger partial charge in [-0.1, -0.05) is 18.2 Å². The van der Waals surface area contributed by atoms with Crippen LogP contribution in [-0.2, 0) is 9.59 Å². The van der Waals surface area contributed by atoms with E-state index in [4.69, 9.17) is 5.11 Å². The molecule has 0 heterocycles. The number of carboxylic acids is 1. The van der Waals surface area contributed by atoms with Gasteiger partial charge < -0.3 is 10.0 Å². The molecular formula is C14H19NO3S. The van der Waals surface area contributed by atoms with Crippen LogP contribution in [0.5, 0.6) is 0 Å². The zero-order valence-corrected chi connectivity index (χ0v) is 11.9. The summed E-state index contributed by atoms with van der Waals surface area (Å²) >= 11 is 1.73. The van der Waals surface area contributed by atoms with Crippen LogP contribution >= 0.6 is 11.8 Å². The van der Waals surface area contributed by atoms with Crippen LogP contribution in [0.25, 0.3) is 0 Å². The number of carboxylic acid groups (broad SMARTS) is 1. The number of amides is 1. The predicted octanol–water partition coefficient (Wildman–Crippen LogP) is 2.49. The Labute approximate surface area is 117 Å². The minimum atomic E-state index is -0.876. The third-order valence-corrected chi connectivity index (χ3v) is 3.73. The quantitative estimate of drug-likeness (QED) is 0.587. The van der Waals surface area contributed by atoms with Crippen molar-refractivity contribution in [3.05, 3.63) is 30.3 Å². The fourth-order valence-electron chi connectivity index (χ4n) is 1.51. The van der Waals surface area contributed by atoms with Gasteiger partial charge in [-0.3, -0.25) is 9.59 Å². The average molecular weight is 281 g/mol. The maximum atomic E-state index is 11.7. The molecule has 0 aliphatic heterocycles.